The van der Waals surface area contributed by atoms with Gasteiger partial charge in [0.15, 0.2) is 5.82 Å². The fourth-order valence-electron chi connectivity index (χ4n) is 2.05. The number of nitrogens with two attached hydrogens (primary N) is 1. The highest BCUT2D eigenvalue weighted by Gasteiger charge is 2.19. The molecule has 0 unspecified atom stereocenters. The van der Waals surface area contributed by atoms with Gasteiger partial charge in [0.05, 0.1) is 18.4 Å². The van der Waals surface area contributed by atoms with Crippen molar-refractivity contribution in [2.24, 2.45) is 5.92 Å². The highest BCUT2D eigenvalue weighted by Crippen LogP contribution is 2.25. The summed E-state index contributed by atoms with van der Waals surface area (Å²) in [5.41, 5.74) is 6.86. The Balaban J connectivity index is 3.08. The smallest absolute Gasteiger partial charge is 0.340 e. The molecule has 1 aromatic rings. The van der Waals surface area contributed by atoms with Crippen molar-refractivity contribution in [1.29, 1.82) is 0 Å². The number of aromatic nitrogens is 1. The van der Waals surface area contributed by atoms with Crippen LogP contribution in [0.5, 0.6) is 0 Å². The molecule has 0 aliphatic rings. The molecule has 6 nitrogen and oxygen atoms in total. The lowest BCUT2D eigenvalue weighted by atomic mass is 10.1. The lowest BCUT2D eigenvalue weighted by Gasteiger charge is -2.28. The maximum atomic E-state index is 11.7. The SMILES string of the molecule is COC(=O)c1ccnc(N(CCN(C)C)CC(C)C)c1N. The molecular formula is C15H26N4O2. The molecule has 0 atom stereocenters. The second-order valence-electron chi connectivity index (χ2n) is 5.73. The van der Waals surface area contributed by atoms with Gasteiger partial charge in [-0.1, -0.05) is 13.8 Å². The fourth-order valence-corrected chi connectivity index (χ4v) is 2.05. The molecule has 0 fully saturated rings. The van der Waals surface area contributed by atoms with Crippen LogP contribution in [0.15, 0.2) is 12.3 Å². The quantitative estimate of drug-likeness (QED) is 0.768. The van der Waals surface area contributed by atoms with Crippen molar-refractivity contribution in [2.75, 3.05) is 51.5 Å². The van der Waals surface area contributed by atoms with E-state index in [1.165, 1.54) is 7.11 Å². The number of likely N-dealkylation sites (N-methyl/N-ethyl adjacent to an activating group) is 1. The number of ether oxygens (including phenoxy) is 1. The summed E-state index contributed by atoms with van der Waals surface area (Å²) < 4.78 is 4.76. The van der Waals surface area contributed by atoms with Crippen molar-refractivity contribution < 1.29 is 9.53 Å². The lowest BCUT2D eigenvalue weighted by molar-refractivity contribution is 0.0602. The second kappa shape index (κ2) is 7.83. The summed E-state index contributed by atoms with van der Waals surface area (Å²) in [6, 6.07) is 1.59. The summed E-state index contributed by atoms with van der Waals surface area (Å²) in [7, 11) is 5.39. The molecule has 0 bridgehead atoms. The number of nitrogens with zero attached hydrogens (tertiary/aromatic N) is 3. The highest BCUT2D eigenvalue weighted by atomic mass is 16.5. The minimum atomic E-state index is -0.437. The van der Waals surface area contributed by atoms with Crippen LogP contribution in [0.3, 0.4) is 0 Å². The Morgan fingerprint density at radius 3 is 2.57 bits per heavy atom. The lowest BCUT2D eigenvalue weighted by Crippen LogP contribution is -2.35. The molecule has 0 aliphatic carbocycles. The van der Waals surface area contributed by atoms with Crippen LogP contribution in [-0.4, -0.2) is 56.7 Å². The molecule has 0 saturated carbocycles. The van der Waals surface area contributed by atoms with Crippen LogP contribution in [0.2, 0.25) is 0 Å². The average molecular weight is 294 g/mol. The van der Waals surface area contributed by atoms with E-state index in [0.29, 0.717) is 23.0 Å². The largest absolute Gasteiger partial charge is 0.465 e. The molecule has 1 rings (SSSR count). The normalized spacial score (nSPS) is 11.0. The number of rotatable bonds is 7. The molecule has 6 heteroatoms. The predicted octanol–water partition coefficient (Wildman–Crippen LogP) is 1.47. The van der Waals surface area contributed by atoms with E-state index in [9.17, 15) is 4.79 Å². The van der Waals surface area contributed by atoms with Crippen LogP contribution in [0.1, 0.15) is 24.2 Å². The zero-order valence-corrected chi connectivity index (χ0v) is 13.6. The Morgan fingerprint density at radius 1 is 1.38 bits per heavy atom. The number of esters is 1. The van der Waals surface area contributed by atoms with Gasteiger partial charge in [0.25, 0.3) is 0 Å². The van der Waals surface area contributed by atoms with Crippen LogP contribution in [-0.2, 0) is 4.74 Å². The minimum absolute atomic E-state index is 0.362. The predicted molar refractivity (Wildman–Crippen MR) is 85.6 cm³/mol. The van der Waals surface area contributed by atoms with E-state index in [4.69, 9.17) is 10.5 Å². The summed E-state index contributed by atoms with van der Waals surface area (Å²) in [5.74, 6) is 0.678. The van der Waals surface area contributed by atoms with Crippen molar-refractivity contribution >= 4 is 17.5 Å². The van der Waals surface area contributed by atoms with Gasteiger partial charge in [0, 0.05) is 25.8 Å². The Morgan fingerprint density at radius 2 is 2.05 bits per heavy atom. The standard InChI is InChI=1S/C15H26N4O2/c1-11(2)10-19(9-8-18(3)4)14-13(16)12(6-7-17-14)15(20)21-5/h6-7,11H,8-10,16H2,1-5H3. The third-order valence-electron chi connectivity index (χ3n) is 3.08. The Kier molecular flexibility index (Phi) is 6.42. The van der Waals surface area contributed by atoms with E-state index in [1.807, 2.05) is 14.1 Å². The first-order valence-electron chi connectivity index (χ1n) is 7.09. The van der Waals surface area contributed by atoms with E-state index < -0.39 is 5.97 Å². The Hall–Kier alpha value is -1.82. The molecule has 1 heterocycles. The molecule has 1 aromatic heterocycles. The average Bonchev–Trinajstić information content (AvgIpc) is 2.42. The first-order valence-corrected chi connectivity index (χ1v) is 7.09. The topological polar surface area (TPSA) is 71.7 Å². The number of carbonyl (C=O) groups excluding carboxylic acids is 1. The maximum absolute atomic E-state index is 11.7. The first-order chi connectivity index (χ1) is 9.86. The van der Waals surface area contributed by atoms with Crippen LogP contribution in [0.25, 0.3) is 0 Å². The summed E-state index contributed by atoms with van der Waals surface area (Å²) in [4.78, 5) is 20.3. The van der Waals surface area contributed by atoms with Crippen LogP contribution in [0, 0.1) is 5.92 Å². The highest BCUT2D eigenvalue weighted by molar-refractivity contribution is 5.97. The summed E-state index contributed by atoms with van der Waals surface area (Å²) in [6.07, 6.45) is 1.60. The Labute approximate surface area is 126 Å². The number of carbonyl (C=O) groups is 1. The molecule has 0 spiro atoms. The third-order valence-corrected chi connectivity index (χ3v) is 3.08. The van der Waals surface area contributed by atoms with E-state index in [1.54, 1.807) is 12.3 Å². The molecule has 0 saturated heterocycles. The van der Waals surface area contributed by atoms with Gasteiger partial charge < -0.3 is 20.3 Å². The number of nitrogen functional groups attached to an aromatic ring is 1. The molecule has 0 aliphatic heterocycles. The first kappa shape index (κ1) is 17.2. The van der Waals surface area contributed by atoms with Crippen molar-refractivity contribution in [1.82, 2.24) is 9.88 Å². The molecule has 0 aromatic carbocycles. The van der Waals surface area contributed by atoms with Gasteiger partial charge >= 0.3 is 5.97 Å². The van der Waals surface area contributed by atoms with E-state index in [2.05, 4.69) is 28.6 Å². The van der Waals surface area contributed by atoms with Gasteiger partial charge in [0.1, 0.15) is 0 Å². The fraction of sp³-hybridized carbons (Fsp3) is 0.600. The third kappa shape index (κ3) is 4.90. The minimum Gasteiger partial charge on any atom is -0.465 e. The van der Waals surface area contributed by atoms with Crippen LogP contribution >= 0.6 is 0 Å². The number of hydrogen-bond acceptors (Lipinski definition) is 6. The number of methoxy groups -OCH3 is 1. The number of pyridine rings is 1. The van der Waals surface area contributed by atoms with Gasteiger partial charge in [-0.15, -0.1) is 0 Å². The van der Waals surface area contributed by atoms with Crippen molar-refractivity contribution in [3.05, 3.63) is 17.8 Å². The van der Waals surface area contributed by atoms with Gasteiger partial charge in [-0.3, -0.25) is 0 Å². The van der Waals surface area contributed by atoms with Gasteiger partial charge in [-0.25, -0.2) is 9.78 Å². The van der Waals surface area contributed by atoms with E-state index in [0.717, 1.165) is 19.6 Å². The van der Waals surface area contributed by atoms with Crippen LogP contribution in [0.4, 0.5) is 11.5 Å². The van der Waals surface area contributed by atoms with Gasteiger partial charge in [-0.2, -0.15) is 0 Å². The van der Waals surface area contributed by atoms with E-state index >= 15 is 0 Å². The molecular weight excluding hydrogens is 268 g/mol. The van der Waals surface area contributed by atoms with Gasteiger partial charge in [0.2, 0.25) is 0 Å². The van der Waals surface area contributed by atoms with Gasteiger partial charge in [-0.05, 0) is 26.1 Å². The van der Waals surface area contributed by atoms with Crippen molar-refractivity contribution in [3.8, 4) is 0 Å². The van der Waals surface area contributed by atoms with Crippen molar-refractivity contribution in [2.45, 2.75) is 13.8 Å². The van der Waals surface area contributed by atoms with Crippen LogP contribution < -0.4 is 10.6 Å². The molecule has 2 N–H and O–H groups in total. The zero-order valence-electron chi connectivity index (χ0n) is 13.6. The molecule has 118 valence electrons. The number of anilines is 2. The maximum Gasteiger partial charge on any atom is 0.340 e. The monoisotopic (exact) mass is 294 g/mol. The summed E-state index contributed by atoms with van der Waals surface area (Å²) >= 11 is 0. The summed E-state index contributed by atoms with van der Waals surface area (Å²) in [6.45, 7) is 6.80. The number of hydrogen-bond donors (Lipinski definition) is 1. The van der Waals surface area contributed by atoms with Crippen molar-refractivity contribution in [3.63, 3.8) is 0 Å². The molecule has 21 heavy (non-hydrogen) atoms. The zero-order chi connectivity index (χ0) is 16.0. The van der Waals surface area contributed by atoms with E-state index in [-0.39, 0.29) is 0 Å². The summed E-state index contributed by atoms with van der Waals surface area (Å²) in [5, 5.41) is 0. The Bertz CT molecular complexity index is 475. The molecule has 0 radical (unpaired) electrons. The second-order valence-corrected chi connectivity index (χ2v) is 5.73. The molecule has 0 amide bonds.